The quantitative estimate of drug-likeness (QED) is 0.517. The van der Waals surface area contributed by atoms with Gasteiger partial charge in [0.15, 0.2) is 11.6 Å². The van der Waals surface area contributed by atoms with E-state index in [2.05, 4.69) is 29.6 Å². The lowest BCUT2D eigenvalue weighted by atomic mass is 10.2. The van der Waals surface area contributed by atoms with Crippen molar-refractivity contribution in [2.24, 2.45) is 0 Å². The molecule has 0 aliphatic carbocycles. The van der Waals surface area contributed by atoms with Crippen molar-refractivity contribution in [1.29, 1.82) is 0 Å². The Kier molecular flexibility index (Phi) is 6.63. The van der Waals surface area contributed by atoms with Crippen molar-refractivity contribution in [1.82, 2.24) is 19.2 Å². The lowest BCUT2D eigenvalue weighted by molar-refractivity contribution is -0.125. The summed E-state index contributed by atoms with van der Waals surface area (Å²) in [4.78, 5) is 14.2. The highest BCUT2D eigenvalue weighted by molar-refractivity contribution is 5.91. The Labute approximate surface area is 182 Å². The van der Waals surface area contributed by atoms with Crippen molar-refractivity contribution in [3.05, 3.63) is 70.9 Å². The van der Waals surface area contributed by atoms with Gasteiger partial charge in [0.1, 0.15) is 5.82 Å². The lowest BCUT2D eigenvalue weighted by Crippen LogP contribution is -2.24. The van der Waals surface area contributed by atoms with E-state index in [1.165, 1.54) is 13.2 Å². The van der Waals surface area contributed by atoms with E-state index in [9.17, 15) is 9.18 Å². The summed E-state index contributed by atoms with van der Waals surface area (Å²) in [7, 11) is 3.12. The van der Waals surface area contributed by atoms with E-state index in [0.29, 0.717) is 12.1 Å². The predicted octanol–water partition coefficient (Wildman–Crippen LogP) is 4.69. The molecule has 0 N–H and O–H groups in total. The number of nitrogens with zero attached hydrogens (tertiary/aromatic N) is 4. The van der Waals surface area contributed by atoms with Crippen LogP contribution in [0.2, 0.25) is 0 Å². The molecule has 0 spiro atoms. The summed E-state index contributed by atoms with van der Waals surface area (Å²) in [6, 6.07) is 8.98. The fourth-order valence-corrected chi connectivity index (χ4v) is 3.64. The first-order valence-corrected chi connectivity index (χ1v) is 10.2. The molecule has 0 radical (unpaired) electrons. The Morgan fingerprint density at radius 3 is 2.65 bits per heavy atom. The molecular weight excluding hydrogens is 395 g/mol. The number of rotatable bonds is 7. The maximum atomic E-state index is 13.9. The molecule has 3 rings (SSSR count). The Morgan fingerprint density at radius 1 is 1.26 bits per heavy atom. The van der Waals surface area contributed by atoms with E-state index >= 15 is 0 Å². The van der Waals surface area contributed by atoms with Gasteiger partial charge >= 0.3 is 0 Å². The van der Waals surface area contributed by atoms with Crippen LogP contribution in [0.1, 0.15) is 42.4 Å². The zero-order valence-corrected chi connectivity index (χ0v) is 18.9. The number of benzene rings is 1. The van der Waals surface area contributed by atoms with E-state index in [4.69, 9.17) is 4.74 Å². The first kappa shape index (κ1) is 22.3. The third-order valence-electron chi connectivity index (χ3n) is 5.26. The fraction of sp³-hybridized carbons (Fsp3) is 0.333. The van der Waals surface area contributed by atoms with Crippen LogP contribution in [0.5, 0.6) is 5.75 Å². The highest BCUT2D eigenvalue weighted by atomic mass is 19.1. The van der Waals surface area contributed by atoms with Gasteiger partial charge in [0.25, 0.3) is 0 Å². The van der Waals surface area contributed by atoms with Gasteiger partial charge in [-0.25, -0.2) is 9.07 Å². The Hall–Kier alpha value is -3.35. The summed E-state index contributed by atoms with van der Waals surface area (Å²) in [5, 5.41) is 4.42. The van der Waals surface area contributed by atoms with Crippen molar-refractivity contribution in [3.63, 3.8) is 0 Å². The average Bonchev–Trinajstić information content (AvgIpc) is 3.30. The molecular formula is C24H29FN4O2. The topological polar surface area (TPSA) is 52.3 Å². The summed E-state index contributed by atoms with van der Waals surface area (Å²) in [5.41, 5.74) is 3.76. The van der Waals surface area contributed by atoms with Crippen LogP contribution in [0.25, 0.3) is 11.9 Å². The second kappa shape index (κ2) is 9.20. The van der Waals surface area contributed by atoms with E-state index < -0.39 is 5.82 Å². The highest BCUT2D eigenvalue weighted by Gasteiger charge is 2.15. The molecule has 0 aliphatic rings. The largest absolute Gasteiger partial charge is 0.494 e. The first-order valence-electron chi connectivity index (χ1n) is 10.2. The van der Waals surface area contributed by atoms with Crippen LogP contribution >= 0.6 is 0 Å². The molecule has 0 saturated carbocycles. The summed E-state index contributed by atoms with van der Waals surface area (Å²) in [6.07, 6.45) is 5.16. The minimum atomic E-state index is -0.440. The Balaban J connectivity index is 1.76. The number of amides is 1. The van der Waals surface area contributed by atoms with Gasteiger partial charge in [0, 0.05) is 43.2 Å². The van der Waals surface area contributed by atoms with Crippen LogP contribution in [0.15, 0.2) is 42.6 Å². The van der Waals surface area contributed by atoms with Gasteiger partial charge in [0.05, 0.1) is 13.3 Å². The summed E-state index contributed by atoms with van der Waals surface area (Å²) in [6.45, 7) is 8.55. The number of hydrogen-bond donors (Lipinski definition) is 0. The normalized spacial score (nSPS) is 11.5. The third kappa shape index (κ3) is 4.71. The van der Waals surface area contributed by atoms with E-state index in [1.807, 2.05) is 30.7 Å². The molecule has 2 aromatic heterocycles. The second-order valence-electron chi connectivity index (χ2n) is 7.89. The first-order chi connectivity index (χ1) is 14.7. The molecule has 1 amide bonds. The second-order valence-corrected chi connectivity index (χ2v) is 7.89. The van der Waals surface area contributed by atoms with Crippen LogP contribution in [-0.4, -0.2) is 39.3 Å². The van der Waals surface area contributed by atoms with Crippen molar-refractivity contribution >= 4 is 12.0 Å². The molecule has 0 aliphatic heterocycles. The molecule has 0 saturated heterocycles. The standard InChI is InChI=1S/C24H29FN4O2/c1-16(2)29-23(11-12-26-29)28-17(3)13-20(18(28)4)8-10-24(30)27(5)15-19-7-9-22(31-6)21(25)14-19/h7-14,16H,15H2,1-6H3. The zero-order chi connectivity index (χ0) is 22.7. The average molecular weight is 425 g/mol. The van der Waals surface area contributed by atoms with Crippen molar-refractivity contribution in [2.45, 2.75) is 40.3 Å². The van der Waals surface area contributed by atoms with E-state index in [0.717, 1.165) is 22.8 Å². The maximum absolute atomic E-state index is 13.9. The number of carbonyl (C=O) groups is 1. The number of likely N-dealkylation sites (N-methyl/N-ethyl adjacent to an activating group) is 1. The van der Waals surface area contributed by atoms with Crippen LogP contribution in [0.4, 0.5) is 4.39 Å². The molecule has 1 aromatic carbocycles. The number of aromatic nitrogens is 3. The van der Waals surface area contributed by atoms with E-state index in [-0.39, 0.29) is 17.7 Å². The molecule has 3 aromatic rings. The zero-order valence-electron chi connectivity index (χ0n) is 18.9. The van der Waals surface area contributed by atoms with Gasteiger partial charge in [0.2, 0.25) is 5.91 Å². The summed E-state index contributed by atoms with van der Waals surface area (Å²) in [5.74, 6) is 0.583. The van der Waals surface area contributed by atoms with Crippen molar-refractivity contribution in [2.75, 3.05) is 14.2 Å². The predicted molar refractivity (Wildman–Crippen MR) is 120 cm³/mol. The molecule has 0 fully saturated rings. The van der Waals surface area contributed by atoms with Crippen molar-refractivity contribution in [3.8, 4) is 11.6 Å². The number of aryl methyl sites for hydroxylation is 1. The van der Waals surface area contributed by atoms with Crippen LogP contribution < -0.4 is 4.74 Å². The van der Waals surface area contributed by atoms with Gasteiger partial charge < -0.3 is 14.2 Å². The maximum Gasteiger partial charge on any atom is 0.246 e. The number of methoxy groups -OCH3 is 1. The third-order valence-corrected chi connectivity index (χ3v) is 5.26. The van der Waals surface area contributed by atoms with Gasteiger partial charge in [-0.2, -0.15) is 5.10 Å². The number of halogens is 1. The Morgan fingerprint density at radius 2 is 2.00 bits per heavy atom. The highest BCUT2D eigenvalue weighted by Crippen LogP contribution is 2.24. The fourth-order valence-electron chi connectivity index (χ4n) is 3.64. The number of ether oxygens (including phenoxy) is 1. The van der Waals surface area contributed by atoms with E-state index in [1.54, 1.807) is 36.4 Å². The lowest BCUT2D eigenvalue weighted by Gasteiger charge is -2.16. The molecule has 7 heteroatoms. The van der Waals surface area contributed by atoms with Crippen LogP contribution in [0, 0.1) is 19.7 Å². The molecule has 0 bridgehead atoms. The minimum absolute atomic E-state index is 0.159. The molecule has 0 atom stereocenters. The van der Waals surface area contributed by atoms with Crippen LogP contribution in [0.3, 0.4) is 0 Å². The number of hydrogen-bond acceptors (Lipinski definition) is 3. The summed E-state index contributed by atoms with van der Waals surface area (Å²) < 4.78 is 22.9. The Bertz CT molecular complexity index is 1110. The van der Waals surface area contributed by atoms with Gasteiger partial charge in [-0.05, 0) is 63.1 Å². The van der Waals surface area contributed by atoms with Gasteiger partial charge in [-0.1, -0.05) is 6.07 Å². The monoisotopic (exact) mass is 424 g/mol. The molecule has 2 heterocycles. The summed E-state index contributed by atoms with van der Waals surface area (Å²) >= 11 is 0. The van der Waals surface area contributed by atoms with Crippen LogP contribution in [-0.2, 0) is 11.3 Å². The molecule has 0 unspecified atom stereocenters. The SMILES string of the molecule is COc1ccc(CN(C)C(=O)C=Cc2cc(C)n(-c3ccnn3C(C)C)c2C)cc1F. The minimum Gasteiger partial charge on any atom is -0.494 e. The van der Waals surface area contributed by atoms with Gasteiger partial charge in [-0.15, -0.1) is 0 Å². The van der Waals surface area contributed by atoms with Crippen molar-refractivity contribution < 1.29 is 13.9 Å². The molecule has 31 heavy (non-hydrogen) atoms. The number of carbonyl (C=O) groups excluding carboxylic acids is 1. The molecule has 164 valence electrons. The van der Waals surface area contributed by atoms with Gasteiger partial charge in [-0.3, -0.25) is 4.79 Å². The molecule has 6 nitrogen and oxygen atoms in total. The smallest absolute Gasteiger partial charge is 0.246 e.